The van der Waals surface area contributed by atoms with Gasteiger partial charge in [0.05, 0.1) is 29.0 Å². The van der Waals surface area contributed by atoms with Crippen LogP contribution in [0.25, 0.3) is 10.1 Å². The second kappa shape index (κ2) is 18.6. The SMILES string of the molecule is CCCOC(=O)[C@H](C)NP(=O)(Oc1ccccc1)[C@@H](F)c1ccc2sc(C(=O)N[C@H]3CC[C@H](N4CCC4)C[C@H]4CC[C@@H](C(=O)N5C[C@@H](c6ccccc6)[C@H](C#N)C56CC6)N4C3=O)cc2c1. The minimum Gasteiger partial charge on any atom is -0.465 e. The molecule has 1 aliphatic carbocycles. The summed E-state index contributed by atoms with van der Waals surface area (Å²) >= 11 is 1.19. The number of ether oxygens (including phenoxy) is 1. The van der Waals surface area contributed by atoms with Crippen molar-refractivity contribution in [1.29, 1.82) is 5.26 Å². The molecule has 5 heterocycles. The van der Waals surface area contributed by atoms with Gasteiger partial charge in [-0.3, -0.25) is 23.7 Å². The maximum absolute atomic E-state index is 16.7. The van der Waals surface area contributed by atoms with Gasteiger partial charge in [-0.1, -0.05) is 61.5 Å². The third-order valence-corrected chi connectivity index (χ3v) is 17.4. The minimum absolute atomic E-state index is 0.0216. The predicted octanol–water partition coefficient (Wildman–Crippen LogP) is 8.09. The Morgan fingerprint density at radius 3 is 2.38 bits per heavy atom. The summed E-state index contributed by atoms with van der Waals surface area (Å²) in [7, 11) is -4.47. The molecule has 9 atom stereocenters. The predicted molar refractivity (Wildman–Crippen MR) is 245 cm³/mol. The number of fused-ring (bicyclic) bond motifs is 2. The number of thiophene rings is 1. The van der Waals surface area contributed by atoms with E-state index in [4.69, 9.17) is 9.26 Å². The topological polar surface area (TPSA) is 161 Å². The number of alkyl halides is 1. The number of amides is 3. The van der Waals surface area contributed by atoms with Crippen LogP contribution in [0.15, 0.2) is 84.9 Å². The molecule has 9 rings (SSSR count). The molecule has 5 fully saturated rings. The molecule has 3 aromatic carbocycles. The quantitative estimate of drug-likeness (QED) is 0.0935. The standard InChI is InChI=1S/C49H56FN6O7PS/c1-3-25-62-48(60)31(2)53-64(61,63-37-13-8-5-9-14-37)44(50)33-15-20-42-34(26-33)27-43(65-42)45(57)52-40-18-16-35(54-23-10-24-54)28-36-17-19-41(56(36)46(40)58)47(59)55-30-38(32-11-6-4-7-12-32)39(29-51)49(55)21-22-49/h4-9,11-15,20,26-27,31,35-36,38-41,44H,3,10,16-19,21-25,28,30H2,1-2H3,(H,52,57)(H,53,61)/t31-,35-,36+,38-,39-,40-,41-,44+,64?/m0/s1. The first kappa shape index (κ1) is 45.0. The second-order valence-corrected chi connectivity index (χ2v) is 21.5. The number of likely N-dealkylation sites (tertiary alicyclic amines) is 2. The maximum Gasteiger partial charge on any atom is 0.355 e. The Hall–Kier alpha value is -5.13. The van der Waals surface area contributed by atoms with Crippen molar-refractivity contribution in [3.63, 3.8) is 0 Å². The average Bonchev–Trinajstić information content (AvgIpc) is 3.62. The fourth-order valence-electron chi connectivity index (χ4n) is 10.6. The number of hydrogen-bond donors (Lipinski definition) is 2. The van der Waals surface area contributed by atoms with Gasteiger partial charge >= 0.3 is 13.5 Å². The lowest BCUT2D eigenvalue weighted by Crippen LogP contribution is -2.60. The molecule has 1 unspecified atom stereocenters. The molecule has 3 amide bonds. The lowest BCUT2D eigenvalue weighted by atomic mass is 9.85. The Kier molecular flexibility index (Phi) is 12.9. The molecule has 4 aromatic rings. The molecule has 1 spiro atoms. The molecule has 4 aliphatic heterocycles. The highest BCUT2D eigenvalue weighted by Crippen LogP contribution is 2.59. The van der Waals surface area contributed by atoms with E-state index >= 15 is 4.39 Å². The van der Waals surface area contributed by atoms with Crippen molar-refractivity contribution < 1.29 is 37.4 Å². The van der Waals surface area contributed by atoms with Gasteiger partial charge in [-0.25, -0.2) is 9.48 Å². The molecule has 65 heavy (non-hydrogen) atoms. The van der Waals surface area contributed by atoms with Crippen LogP contribution in [0.4, 0.5) is 4.39 Å². The molecular formula is C49H56FN6O7PS. The summed E-state index contributed by atoms with van der Waals surface area (Å²) in [4.78, 5) is 63.1. The fraction of sp³-hybridized carbons (Fsp3) is 0.490. The van der Waals surface area contributed by atoms with E-state index in [1.165, 1.54) is 30.4 Å². The van der Waals surface area contributed by atoms with Crippen molar-refractivity contribution in [3.05, 3.63) is 101 Å². The van der Waals surface area contributed by atoms with Crippen LogP contribution in [0.2, 0.25) is 0 Å². The number of benzene rings is 3. The zero-order chi connectivity index (χ0) is 45.5. The van der Waals surface area contributed by atoms with E-state index in [2.05, 4.69) is 21.4 Å². The van der Waals surface area contributed by atoms with Gasteiger partial charge in [0, 0.05) is 29.2 Å². The number of nitrogens with one attached hydrogen (secondary N) is 2. The number of rotatable bonds is 14. The van der Waals surface area contributed by atoms with Crippen molar-refractivity contribution in [2.45, 2.75) is 119 Å². The van der Waals surface area contributed by atoms with E-state index in [-0.39, 0.29) is 53.7 Å². The van der Waals surface area contributed by atoms with Crippen LogP contribution in [0, 0.1) is 17.2 Å². The lowest BCUT2D eigenvalue weighted by Gasteiger charge is -2.44. The van der Waals surface area contributed by atoms with E-state index in [9.17, 15) is 29.0 Å². The highest BCUT2D eigenvalue weighted by molar-refractivity contribution is 7.57. The number of nitriles is 1. The first-order valence-electron chi connectivity index (χ1n) is 23.0. The number of para-hydroxylation sites is 1. The Labute approximate surface area is 383 Å². The number of hydrogen-bond acceptors (Lipinski definition) is 10. The smallest absolute Gasteiger partial charge is 0.355 e. The Balaban J connectivity index is 0.950. The number of halogens is 1. The molecule has 4 saturated heterocycles. The highest BCUT2D eigenvalue weighted by atomic mass is 32.1. The fourth-order valence-corrected chi connectivity index (χ4v) is 13.4. The maximum atomic E-state index is 16.7. The second-order valence-electron chi connectivity index (χ2n) is 18.3. The molecule has 2 N–H and O–H groups in total. The van der Waals surface area contributed by atoms with Crippen LogP contribution < -0.4 is 14.9 Å². The summed E-state index contributed by atoms with van der Waals surface area (Å²) in [6, 6.07) is 24.3. The largest absolute Gasteiger partial charge is 0.465 e. The molecule has 1 saturated carbocycles. The van der Waals surface area contributed by atoms with E-state index in [0.29, 0.717) is 47.2 Å². The zero-order valence-electron chi connectivity index (χ0n) is 36.8. The summed E-state index contributed by atoms with van der Waals surface area (Å²) in [5.74, 6) is -4.01. The van der Waals surface area contributed by atoms with E-state index < -0.39 is 49.0 Å². The Morgan fingerprint density at radius 2 is 1.71 bits per heavy atom. The van der Waals surface area contributed by atoms with Crippen LogP contribution in [-0.2, 0) is 23.7 Å². The summed E-state index contributed by atoms with van der Waals surface area (Å²) in [5, 5.41) is 16.6. The van der Waals surface area contributed by atoms with Crippen molar-refractivity contribution in [2.24, 2.45) is 5.92 Å². The third kappa shape index (κ3) is 8.83. The molecule has 1 aromatic heterocycles. The van der Waals surface area contributed by atoms with Crippen molar-refractivity contribution in [3.8, 4) is 11.8 Å². The summed E-state index contributed by atoms with van der Waals surface area (Å²) in [6.07, 6.45) is 6.32. The average molecular weight is 923 g/mol. The van der Waals surface area contributed by atoms with E-state index in [1.807, 2.05) is 42.2 Å². The highest BCUT2D eigenvalue weighted by Gasteiger charge is 2.64. The zero-order valence-corrected chi connectivity index (χ0v) is 38.5. The number of nitrogens with zero attached hydrogens (tertiary/aromatic N) is 4. The van der Waals surface area contributed by atoms with Crippen LogP contribution in [0.3, 0.4) is 0 Å². The summed E-state index contributed by atoms with van der Waals surface area (Å²) in [5.41, 5.74) is 0.531. The molecule has 5 aliphatic rings. The number of carbonyl (C=O) groups is 4. The van der Waals surface area contributed by atoms with Crippen molar-refractivity contribution in [1.82, 2.24) is 25.1 Å². The first-order valence-corrected chi connectivity index (χ1v) is 25.5. The molecular weight excluding hydrogens is 867 g/mol. The van der Waals surface area contributed by atoms with Gasteiger partial charge in [0.2, 0.25) is 17.7 Å². The van der Waals surface area contributed by atoms with Crippen molar-refractivity contribution in [2.75, 3.05) is 26.2 Å². The van der Waals surface area contributed by atoms with Gasteiger partial charge in [0.1, 0.15) is 23.9 Å². The molecule has 342 valence electrons. The number of esters is 1. The van der Waals surface area contributed by atoms with E-state index in [1.54, 1.807) is 47.4 Å². The van der Waals surface area contributed by atoms with Gasteiger partial charge in [0.25, 0.3) is 5.91 Å². The lowest BCUT2D eigenvalue weighted by molar-refractivity contribution is -0.148. The normalized spacial score (nSPS) is 26.8. The first-order chi connectivity index (χ1) is 31.4. The van der Waals surface area contributed by atoms with Gasteiger partial charge < -0.3 is 29.3 Å². The van der Waals surface area contributed by atoms with E-state index in [0.717, 1.165) is 50.8 Å². The van der Waals surface area contributed by atoms with Crippen molar-refractivity contribution >= 4 is 52.6 Å². The summed E-state index contributed by atoms with van der Waals surface area (Å²) < 4.78 is 42.8. The van der Waals surface area contributed by atoms with Crippen LogP contribution in [0.5, 0.6) is 5.75 Å². The summed E-state index contributed by atoms with van der Waals surface area (Å²) in [6.45, 7) is 5.83. The van der Waals surface area contributed by atoms with Gasteiger partial charge in [0.15, 0.2) is 0 Å². The Bertz CT molecular complexity index is 2510. The van der Waals surface area contributed by atoms with Crippen LogP contribution in [0.1, 0.15) is 104 Å². The Morgan fingerprint density at radius 1 is 0.985 bits per heavy atom. The molecule has 16 heteroatoms. The number of carbonyl (C=O) groups excluding carboxylic acids is 4. The van der Waals surface area contributed by atoms with Gasteiger partial charge in [-0.05, 0) is 125 Å². The molecule has 0 bridgehead atoms. The van der Waals surface area contributed by atoms with Crippen LogP contribution >= 0.6 is 18.9 Å². The van der Waals surface area contributed by atoms with Gasteiger partial charge in [-0.15, -0.1) is 11.3 Å². The molecule has 0 radical (unpaired) electrons. The monoisotopic (exact) mass is 922 g/mol. The third-order valence-electron chi connectivity index (χ3n) is 14.2. The van der Waals surface area contributed by atoms with Gasteiger partial charge in [-0.2, -0.15) is 5.26 Å². The molecule has 13 nitrogen and oxygen atoms in total. The minimum atomic E-state index is -4.47. The van der Waals surface area contributed by atoms with Crippen LogP contribution in [-0.4, -0.2) is 100 Å².